The van der Waals surface area contributed by atoms with Crippen molar-refractivity contribution in [3.05, 3.63) is 23.1 Å². The van der Waals surface area contributed by atoms with Crippen molar-refractivity contribution in [1.29, 1.82) is 0 Å². The third kappa shape index (κ3) is 4.16. The topological polar surface area (TPSA) is 9.23 Å². The van der Waals surface area contributed by atoms with Crippen molar-refractivity contribution >= 4 is 8.07 Å². The summed E-state index contributed by atoms with van der Waals surface area (Å²) in [6.45, 7) is 9.46. The fourth-order valence-electron chi connectivity index (χ4n) is 1.75. The van der Waals surface area contributed by atoms with Gasteiger partial charge in [-0.15, -0.1) is 0 Å². The van der Waals surface area contributed by atoms with Crippen molar-refractivity contribution in [2.75, 3.05) is 7.11 Å². The van der Waals surface area contributed by atoms with Crippen LogP contribution in [0, 0.1) is 5.92 Å². The number of hydrogen-bond acceptors (Lipinski definition) is 1. The average Bonchev–Trinajstić information content (AvgIpc) is 3.00. The molecule has 1 rings (SSSR count). The minimum absolute atomic E-state index is 0.714. The van der Waals surface area contributed by atoms with Gasteiger partial charge in [-0.25, -0.2) is 0 Å². The molecule has 0 amide bonds. The van der Waals surface area contributed by atoms with Gasteiger partial charge in [0.15, 0.2) is 0 Å². The zero-order valence-corrected chi connectivity index (χ0v) is 12.5. The first-order valence-electron chi connectivity index (χ1n) is 6.45. The second-order valence-electron chi connectivity index (χ2n) is 5.72. The third-order valence-corrected chi connectivity index (χ3v) is 5.11. The van der Waals surface area contributed by atoms with Gasteiger partial charge in [-0.1, -0.05) is 44.3 Å². The molecule has 0 aliphatic heterocycles. The van der Waals surface area contributed by atoms with Crippen LogP contribution in [-0.4, -0.2) is 15.2 Å². The number of unbranched alkanes of at least 4 members (excludes halogenated alkanes) is 1. The predicted molar refractivity (Wildman–Crippen MR) is 74.2 cm³/mol. The minimum atomic E-state index is -1.22. The van der Waals surface area contributed by atoms with Gasteiger partial charge in [0, 0.05) is 5.92 Å². The summed E-state index contributed by atoms with van der Waals surface area (Å²) in [7, 11) is 0.595. The van der Waals surface area contributed by atoms with E-state index < -0.39 is 8.07 Å². The van der Waals surface area contributed by atoms with Crippen LogP contribution in [0.15, 0.2) is 23.1 Å². The summed E-state index contributed by atoms with van der Waals surface area (Å²) in [4.78, 5) is 0. The fourth-order valence-corrected chi connectivity index (χ4v) is 3.08. The normalized spacial score (nSPS) is 18.8. The van der Waals surface area contributed by atoms with E-state index in [0.717, 1.165) is 0 Å². The monoisotopic (exact) mass is 238 g/mol. The second-order valence-corrected chi connectivity index (χ2v) is 10.8. The van der Waals surface area contributed by atoms with E-state index in [1.165, 1.54) is 31.4 Å². The van der Waals surface area contributed by atoms with Gasteiger partial charge in [0.2, 0.25) is 0 Å². The molecule has 1 saturated carbocycles. The molecule has 0 atom stereocenters. The van der Waals surface area contributed by atoms with Gasteiger partial charge in [-0.3, -0.25) is 0 Å². The Balaban J connectivity index is 2.83. The van der Waals surface area contributed by atoms with E-state index in [9.17, 15) is 0 Å². The molecule has 0 saturated heterocycles. The van der Waals surface area contributed by atoms with Crippen molar-refractivity contribution in [1.82, 2.24) is 0 Å². The van der Waals surface area contributed by atoms with E-state index in [2.05, 4.69) is 38.7 Å². The van der Waals surface area contributed by atoms with Crippen LogP contribution in [0.5, 0.6) is 0 Å². The molecule has 0 radical (unpaired) electrons. The molecule has 16 heavy (non-hydrogen) atoms. The van der Waals surface area contributed by atoms with Crippen molar-refractivity contribution in [3.8, 4) is 0 Å². The lowest BCUT2D eigenvalue weighted by Crippen LogP contribution is -2.23. The van der Waals surface area contributed by atoms with E-state index in [4.69, 9.17) is 4.74 Å². The van der Waals surface area contributed by atoms with Gasteiger partial charge >= 0.3 is 0 Å². The van der Waals surface area contributed by atoms with Crippen LogP contribution < -0.4 is 0 Å². The van der Waals surface area contributed by atoms with Gasteiger partial charge in [-0.05, 0) is 25.3 Å². The molecule has 0 spiro atoms. The number of allylic oxidation sites excluding steroid dienone is 4. The van der Waals surface area contributed by atoms with E-state index >= 15 is 0 Å². The Hall–Kier alpha value is -0.503. The average molecular weight is 238 g/mol. The number of rotatable bonds is 6. The molecule has 1 nitrogen and oxygen atoms in total. The van der Waals surface area contributed by atoms with Crippen LogP contribution in [0.3, 0.4) is 0 Å². The van der Waals surface area contributed by atoms with Gasteiger partial charge in [0.1, 0.15) is 0 Å². The molecule has 0 aromatic carbocycles. The summed E-state index contributed by atoms with van der Waals surface area (Å²) >= 11 is 0. The molecule has 1 aliphatic carbocycles. The molecule has 0 heterocycles. The predicted octanol–water partition coefficient (Wildman–Crippen LogP) is 4.53. The summed E-state index contributed by atoms with van der Waals surface area (Å²) in [6, 6.07) is 0. The molecule has 2 heteroatoms. The van der Waals surface area contributed by atoms with Crippen LogP contribution in [-0.2, 0) is 4.74 Å². The molecular weight excluding hydrogens is 212 g/mol. The smallest absolute Gasteiger partial charge is 0.0984 e. The van der Waals surface area contributed by atoms with Crippen LogP contribution in [0.2, 0.25) is 19.6 Å². The Labute approximate surface area is 102 Å². The molecule has 92 valence electrons. The molecule has 0 unspecified atom stereocenters. The molecule has 0 N–H and O–H groups in total. The second kappa shape index (κ2) is 5.71. The maximum atomic E-state index is 5.52. The molecule has 1 aliphatic rings. The lowest BCUT2D eigenvalue weighted by molar-refractivity contribution is 0.270. The molecule has 0 aromatic heterocycles. The summed E-state index contributed by atoms with van der Waals surface area (Å²) in [5.74, 6) is 1.93. The summed E-state index contributed by atoms with van der Waals surface area (Å²) < 4.78 is 5.52. The highest BCUT2D eigenvalue weighted by atomic mass is 28.3. The molecular formula is C14H26OSi. The maximum Gasteiger partial charge on any atom is 0.0984 e. The van der Waals surface area contributed by atoms with Crippen LogP contribution in [0.4, 0.5) is 0 Å². The SMILES string of the molecule is CCC/C=C(/C=C(/OC)C1CC1)[Si](C)(C)C. The van der Waals surface area contributed by atoms with Crippen LogP contribution in [0.25, 0.3) is 0 Å². The van der Waals surface area contributed by atoms with Crippen molar-refractivity contribution in [2.24, 2.45) is 5.92 Å². The Bertz CT molecular complexity index is 280. The lowest BCUT2D eigenvalue weighted by Gasteiger charge is -2.19. The van der Waals surface area contributed by atoms with Crippen molar-refractivity contribution in [2.45, 2.75) is 52.2 Å². The third-order valence-electron chi connectivity index (χ3n) is 3.03. The largest absolute Gasteiger partial charge is 0.501 e. The van der Waals surface area contributed by atoms with Crippen molar-refractivity contribution < 1.29 is 4.74 Å². The van der Waals surface area contributed by atoms with Gasteiger partial charge in [0.25, 0.3) is 0 Å². The quantitative estimate of drug-likeness (QED) is 0.375. The Morgan fingerprint density at radius 3 is 2.31 bits per heavy atom. The highest BCUT2D eigenvalue weighted by Gasteiger charge is 2.28. The highest BCUT2D eigenvalue weighted by molar-refractivity contribution is 6.83. The Morgan fingerprint density at radius 1 is 1.31 bits per heavy atom. The van der Waals surface area contributed by atoms with E-state index in [-0.39, 0.29) is 0 Å². The van der Waals surface area contributed by atoms with Crippen LogP contribution in [0.1, 0.15) is 32.6 Å². The summed E-state index contributed by atoms with van der Waals surface area (Å²) in [6.07, 6.45) is 9.80. The zero-order valence-electron chi connectivity index (χ0n) is 11.5. The highest BCUT2D eigenvalue weighted by Crippen LogP contribution is 2.37. The van der Waals surface area contributed by atoms with Crippen LogP contribution >= 0.6 is 0 Å². The van der Waals surface area contributed by atoms with Gasteiger partial charge < -0.3 is 4.74 Å². The first-order valence-corrected chi connectivity index (χ1v) is 9.95. The Morgan fingerprint density at radius 2 is 1.94 bits per heavy atom. The van der Waals surface area contributed by atoms with Crippen molar-refractivity contribution in [3.63, 3.8) is 0 Å². The zero-order chi connectivity index (χ0) is 12.2. The van der Waals surface area contributed by atoms with Gasteiger partial charge in [-0.2, -0.15) is 0 Å². The van der Waals surface area contributed by atoms with Gasteiger partial charge in [0.05, 0.1) is 20.9 Å². The molecule has 1 fully saturated rings. The minimum Gasteiger partial charge on any atom is -0.501 e. The lowest BCUT2D eigenvalue weighted by atomic mass is 10.2. The van der Waals surface area contributed by atoms with E-state index in [1.54, 1.807) is 5.20 Å². The molecule has 0 aromatic rings. The first-order chi connectivity index (χ1) is 7.49. The first kappa shape index (κ1) is 13.6. The summed E-state index contributed by atoms with van der Waals surface area (Å²) in [5, 5.41) is 1.55. The fraction of sp³-hybridized carbons (Fsp3) is 0.714. The van der Waals surface area contributed by atoms with E-state index in [1.807, 2.05) is 7.11 Å². The number of ether oxygens (including phenoxy) is 1. The Kier molecular flexibility index (Phi) is 4.84. The number of hydrogen-bond donors (Lipinski definition) is 0. The maximum absolute atomic E-state index is 5.52. The molecule has 0 bridgehead atoms. The summed E-state index contributed by atoms with van der Waals surface area (Å²) in [5.41, 5.74) is 0. The number of methoxy groups -OCH3 is 1. The van der Waals surface area contributed by atoms with E-state index in [0.29, 0.717) is 5.92 Å². The standard InChI is InChI=1S/C14H26OSi/c1-6-7-8-13(16(3,4)5)11-14(15-2)12-9-10-12/h8,11-12H,6-7,9-10H2,1-5H3/b13-8-,14-11+.